The van der Waals surface area contributed by atoms with Gasteiger partial charge >= 0.3 is 0 Å². The lowest BCUT2D eigenvalue weighted by Crippen LogP contribution is -2.23. The summed E-state index contributed by atoms with van der Waals surface area (Å²) in [6.45, 7) is 2.67. The molecular weight excluding hydrogens is 250 g/mol. The van der Waals surface area contributed by atoms with Crippen LogP contribution in [0.25, 0.3) is 0 Å². The smallest absolute Gasteiger partial charge is 0.291 e. The SMILES string of the molecule is Cc1[nH+]c(NCc2ccco2)c(C#N)c2c1CCCC2. The van der Waals surface area contributed by atoms with Crippen LogP contribution < -0.4 is 10.3 Å². The summed E-state index contributed by atoms with van der Waals surface area (Å²) in [5.41, 5.74) is 4.48. The molecule has 0 spiro atoms. The van der Waals surface area contributed by atoms with E-state index in [1.807, 2.05) is 12.1 Å². The monoisotopic (exact) mass is 268 g/mol. The molecule has 2 aromatic heterocycles. The molecule has 20 heavy (non-hydrogen) atoms. The van der Waals surface area contributed by atoms with Crippen molar-refractivity contribution in [2.45, 2.75) is 39.2 Å². The lowest BCUT2D eigenvalue weighted by Gasteiger charge is -2.18. The summed E-state index contributed by atoms with van der Waals surface area (Å²) in [6, 6.07) is 6.14. The zero-order valence-corrected chi connectivity index (χ0v) is 11.6. The van der Waals surface area contributed by atoms with E-state index in [1.165, 1.54) is 29.7 Å². The molecule has 0 aliphatic heterocycles. The minimum atomic E-state index is 0.580. The van der Waals surface area contributed by atoms with E-state index in [4.69, 9.17) is 4.42 Å². The molecule has 2 aromatic rings. The van der Waals surface area contributed by atoms with E-state index in [0.717, 1.165) is 30.0 Å². The maximum absolute atomic E-state index is 9.49. The second-order valence-electron chi connectivity index (χ2n) is 5.21. The minimum absolute atomic E-state index is 0.580. The molecule has 4 heteroatoms. The van der Waals surface area contributed by atoms with Crippen LogP contribution in [-0.4, -0.2) is 0 Å². The van der Waals surface area contributed by atoms with Crippen molar-refractivity contribution < 1.29 is 9.40 Å². The Hall–Kier alpha value is -2.28. The highest BCUT2D eigenvalue weighted by molar-refractivity contribution is 5.56. The quantitative estimate of drug-likeness (QED) is 0.931. The topological polar surface area (TPSA) is 63.1 Å². The van der Waals surface area contributed by atoms with E-state index in [2.05, 4.69) is 23.3 Å². The molecule has 0 saturated heterocycles. The van der Waals surface area contributed by atoms with Crippen LogP contribution in [-0.2, 0) is 19.4 Å². The van der Waals surface area contributed by atoms with E-state index in [1.54, 1.807) is 6.26 Å². The fourth-order valence-electron chi connectivity index (χ4n) is 2.92. The van der Waals surface area contributed by atoms with Crippen molar-refractivity contribution in [1.82, 2.24) is 0 Å². The van der Waals surface area contributed by atoms with Crippen molar-refractivity contribution in [3.8, 4) is 6.07 Å². The van der Waals surface area contributed by atoms with Crippen LogP contribution in [0.1, 0.15) is 41.0 Å². The third kappa shape index (κ3) is 2.27. The fourth-order valence-corrected chi connectivity index (χ4v) is 2.92. The van der Waals surface area contributed by atoms with Gasteiger partial charge in [-0.15, -0.1) is 0 Å². The molecule has 2 N–H and O–H groups in total. The number of nitriles is 1. The van der Waals surface area contributed by atoms with Crippen LogP contribution >= 0.6 is 0 Å². The van der Waals surface area contributed by atoms with Crippen LogP contribution in [0, 0.1) is 18.3 Å². The van der Waals surface area contributed by atoms with E-state index in [-0.39, 0.29) is 0 Å². The lowest BCUT2D eigenvalue weighted by atomic mass is 9.88. The average Bonchev–Trinajstić information content (AvgIpc) is 2.99. The fraction of sp³-hybridized carbons (Fsp3) is 0.375. The summed E-state index contributed by atoms with van der Waals surface area (Å²) in [5, 5.41) is 12.8. The van der Waals surface area contributed by atoms with Crippen molar-refractivity contribution in [3.63, 3.8) is 0 Å². The number of aryl methyl sites for hydroxylation is 1. The molecule has 0 fully saturated rings. The van der Waals surface area contributed by atoms with Gasteiger partial charge in [0.2, 0.25) is 0 Å². The van der Waals surface area contributed by atoms with Crippen LogP contribution in [0.2, 0.25) is 0 Å². The number of nitrogens with zero attached hydrogens (tertiary/aromatic N) is 1. The number of hydrogen-bond donors (Lipinski definition) is 1. The van der Waals surface area contributed by atoms with Crippen molar-refractivity contribution in [2.75, 3.05) is 5.32 Å². The highest BCUT2D eigenvalue weighted by atomic mass is 16.3. The van der Waals surface area contributed by atoms with Gasteiger partial charge in [-0.05, 0) is 55.9 Å². The van der Waals surface area contributed by atoms with Gasteiger partial charge < -0.3 is 4.42 Å². The first-order chi connectivity index (χ1) is 9.79. The molecule has 3 rings (SSSR count). The van der Waals surface area contributed by atoms with Gasteiger partial charge in [0.1, 0.15) is 29.6 Å². The first kappa shape index (κ1) is 12.7. The molecule has 1 aliphatic carbocycles. The molecule has 102 valence electrons. The Morgan fingerprint density at radius 3 is 2.85 bits per heavy atom. The van der Waals surface area contributed by atoms with Crippen molar-refractivity contribution in [2.24, 2.45) is 0 Å². The first-order valence-electron chi connectivity index (χ1n) is 7.03. The van der Waals surface area contributed by atoms with E-state index >= 15 is 0 Å². The molecule has 2 heterocycles. The predicted octanol–water partition coefficient (Wildman–Crippen LogP) is 2.76. The summed E-state index contributed by atoms with van der Waals surface area (Å²) in [5.74, 6) is 1.67. The van der Waals surface area contributed by atoms with Crippen LogP contribution in [0.15, 0.2) is 22.8 Å². The number of anilines is 1. The molecule has 0 saturated carbocycles. The number of hydrogen-bond acceptors (Lipinski definition) is 3. The number of fused-ring (bicyclic) bond motifs is 1. The summed E-state index contributed by atoms with van der Waals surface area (Å²) in [6.07, 6.45) is 6.12. The predicted molar refractivity (Wildman–Crippen MR) is 75.1 cm³/mol. The lowest BCUT2D eigenvalue weighted by molar-refractivity contribution is -0.372. The maximum atomic E-state index is 9.49. The summed E-state index contributed by atoms with van der Waals surface area (Å²) < 4.78 is 5.31. The molecule has 0 unspecified atom stereocenters. The molecule has 0 bridgehead atoms. The minimum Gasteiger partial charge on any atom is -0.465 e. The molecule has 0 aromatic carbocycles. The van der Waals surface area contributed by atoms with Gasteiger partial charge in [0.25, 0.3) is 5.82 Å². The van der Waals surface area contributed by atoms with Gasteiger partial charge in [-0.2, -0.15) is 5.26 Å². The number of pyridine rings is 1. The van der Waals surface area contributed by atoms with Gasteiger partial charge in [-0.3, -0.25) is 5.32 Å². The number of furan rings is 1. The van der Waals surface area contributed by atoms with Gasteiger partial charge in [0.05, 0.1) is 6.26 Å². The zero-order valence-electron chi connectivity index (χ0n) is 11.6. The number of H-pyrrole nitrogens is 1. The van der Waals surface area contributed by atoms with Gasteiger partial charge in [-0.1, -0.05) is 0 Å². The van der Waals surface area contributed by atoms with Crippen LogP contribution in [0.3, 0.4) is 0 Å². The Labute approximate surface area is 118 Å². The van der Waals surface area contributed by atoms with E-state index in [9.17, 15) is 5.26 Å². The van der Waals surface area contributed by atoms with E-state index in [0.29, 0.717) is 6.54 Å². The molecule has 0 amide bonds. The second-order valence-corrected chi connectivity index (χ2v) is 5.21. The Morgan fingerprint density at radius 2 is 2.15 bits per heavy atom. The van der Waals surface area contributed by atoms with Crippen molar-refractivity contribution >= 4 is 5.82 Å². The van der Waals surface area contributed by atoms with Crippen LogP contribution in [0.4, 0.5) is 5.82 Å². The molecule has 0 radical (unpaired) electrons. The highest BCUT2D eigenvalue weighted by Crippen LogP contribution is 2.28. The molecule has 0 atom stereocenters. The first-order valence-corrected chi connectivity index (χ1v) is 7.03. The van der Waals surface area contributed by atoms with Gasteiger partial charge in [0.15, 0.2) is 0 Å². The highest BCUT2D eigenvalue weighted by Gasteiger charge is 2.23. The summed E-state index contributed by atoms with van der Waals surface area (Å²) >= 11 is 0. The number of rotatable bonds is 3. The summed E-state index contributed by atoms with van der Waals surface area (Å²) in [7, 11) is 0. The number of aromatic nitrogens is 1. The second kappa shape index (κ2) is 5.38. The molecule has 4 nitrogen and oxygen atoms in total. The van der Waals surface area contributed by atoms with E-state index < -0.39 is 0 Å². The largest absolute Gasteiger partial charge is 0.465 e. The van der Waals surface area contributed by atoms with Gasteiger partial charge in [-0.25, -0.2) is 4.98 Å². The third-order valence-corrected chi connectivity index (χ3v) is 3.92. The Bertz CT molecular complexity index is 653. The third-order valence-electron chi connectivity index (χ3n) is 3.92. The standard InChI is InChI=1S/C16H17N3O/c1-11-13-6-2-3-7-14(13)15(9-17)16(19-11)18-10-12-5-4-8-20-12/h4-5,8H,2-3,6-7,10H2,1H3,(H,18,19)/p+1. The summed E-state index contributed by atoms with van der Waals surface area (Å²) in [4.78, 5) is 3.34. The van der Waals surface area contributed by atoms with Crippen LogP contribution in [0.5, 0.6) is 0 Å². The molecular formula is C16H18N3O+. The zero-order chi connectivity index (χ0) is 13.9. The molecule has 1 aliphatic rings. The maximum Gasteiger partial charge on any atom is 0.291 e. The Balaban J connectivity index is 1.94. The average molecular weight is 268 g/mol. The van der Waals surface area contributed by atoms with Gasteiger partial charge in [0, 0.05) is 0 Å². The number of aromatic amines is 1. The normalized spacial score (nSPS) is 13.6. The van der Waals surface area contributed by atoms with Crippen molar-refractivity contribution in [3.05, 3.63) is 46.5 Å². The Kier molecular flexibility index (Phi) is 3.42. The number of nitrogens with one attached hydrogen (secondary N) is 2. The van der Waals surface area contributed by atoms with Crippen molar-refractivity contribution in [1.29, 1.82) is 5.26 Å². The Morgan fingerprint density at radius 1 is 1.35 bits per heavy atom.